The Labute approximate surface area is 196 Å². The molecule has 0 aliphatic carbocycles. The summed E-state index contributed by atoms with van der Waals surface area (Å²) in [6.07, 6.45) is 2.90. The number of furan rings is 1. The summed E-state index contributed by atoms with van der Waals surface area (Å²) in [6, 6.07) is 22.9. The van der Waals surface area contributed by atoms with Crippen molar-refractivity contribution in [3.05, 3.63) is 100 Å². The van der Waals surface area contributed by atoms with Crippen LogP contribution in [0.3, 0.4) is 0 Å². The molecule has 1 N–H and O–H groups in total. The summed E-state index contributed by atoms with van der Waals surface area (Å²) in [5.74, 6) is -0.107. The zero-order valence-corrected chi connectivity index (χ0v) is 19.0. The topological polar surface area (TPSA) is 86.3 Å². The van der Waals surface area contributed by atoms with E-state index in [0.717, 1.165) is 17.5 Å². The molecule has 2 amide bonds. The largest absolute Gasteiger partial charge is 0.467 e. The van der Waals surface area contributed by atoms with Crippen molar-refractivity contribution >= 4 is 29.3 Å². The summed E-state index contributed by atoms with van der Waals surface area (Å²) in [7, 11) is 0. The van der Waals surface area contributed by atoms with Gasteiger partial charge in [-0.25, -0.2) is 0 Å². The van der Waals surface area contributed by atoms with Gasteiger partial charge >= 0.3 is 0 Å². The highest BCUT2D eigenvalue weighted by Crippen LogP contribution is 2.42. The van der Waals surface area contributed by atoms with Crippen molar-refractivity contribution in [2.24, 2.45) is 0 Å². The Bertz CT molecular complexity index is 1200. The van der Waals surface area contributed by atoms with Gasteiger partial charge in [0.25, 0.3) is 5.91 Å². The molecule has 166 valence electrons. The van der Waals surface area contributed by atoms with Crippen LogP contribution in [0.5, 0.6) is 0 Å². The normalized spacial score (nSPS) is 17.0. The monoisotopic (exact) mass is 457 g/mol. The molecule has 1 saturated heterocycles. The molecule has 2 aromatic carbocycles. The number of carbonyl (C=O) groups is 2. The summed E-state index contributed by atoms with van der Waals surface area (Å²) in [5, 5.41) is 12.5. The first-order valence-corrected chi connectivity index (χ1v) is 11.6. The Morgan fingerprint density at radius 1 is 1.09 bits per heavy atom. The van der Waals surface area contributed by atoms with Crippen molar-refractivity contribution in [1.82, 2.24) is 5.32 Å². The molecule has 1 aromatic heterocycles. The Kier molecular flexibility index (Phi) is 6.96. The lowest BCUT2D eigenvalue weighted by atomic mass is 10.1. The minimum absolute atomic E-state index is 0.0879. The van der Waals surface area contributed by atoms with Crippen LogP contribution in [0.25, 0.3) is 0 Å². The zero-order valence-electron chi connectivity index (χ0n) is 18.2. The summed E-state index contributed by atoms with van der Waals surface area (Å²) in [6.45, 7) is 2.21. The van der Waals surface area contributed by atoms with E-state index in [1.807, 2.05) is 60.7 Å². The molecule has 2 heterocycles. The number of thioether (sulfide) groups is 1. The molecule has 3 aromatic rings. The SMILES string of the molecule is CCc1ccc(N2C(=O)C(Cc3ccccc3)S/C2=C(/C#N)C(=O)NCc2ccco2)cc1. The van der Waals surface area contributed by atoms with E-state index < -0.39 is 11.2 Å². The minimum atomic E-state index is -0.542. The predicted molar refractivity (Wildman–Crippen MR) is 128 cm³/mol. The second-order valence-electron chi connectivity index (χ2n) is 7.54. The molecular formula is C26H23N3O3S. The second-order valence-corrected chi connectivity index (χ2v) is 8.74. The lowest BCUT2D eigenvalue weighted by Crippen LogP contribution is -2.32. The molecule has 0 saturated carbocycles. The van der Waals surface area contributed by atoms with Crippen molar-refractivity contribution < 1.29 is 14.0 Å². The number of hydrogen-bond acceptors (Lipinski definition) is 5. The predicted octanol–water partition coefficient (Wildman–Crippen LogP) is 4.58. The van der Waals surface area contributed by atoms with Gasteiger partial charge < -0.3 is 9.73 Å². The van der Waals surface area contributed by atoms with Gasteiger partial charge in [0.1, 0.15) is 22.4 Å². The molecule has 1 atom stereocenters. The molecule has 1 unspecified atom stereocenters. The number of anilines is 1. The molecule has 0 spiro atoms. The van der Waals surface area contributed by atoms with Crippen LogP contribution in [0.15, 0.2) is 88.0 Å². The lowest BCUT2D eigenvalue weighted by molar-refractivity contribution is -0.117. The van der Waals surface area contributed by atoms with E-state index in [-0.39, 0.29) is 18.0 Å². The number of carbonyl (C=O) groups excluding carboxylic acids is 2. The third-order valence-electron chi connectivity index (χ3n) is 5.38. The molecule has 1 aliphatic rings. The van der Waals surface area contributed by atoms with Gasteiger partial charge in [0, 0.05) is 5.69 Å². The van der Waals surface area contributed by atoms with Crippen molar-refractivity contribution in [1.29, 1.82) is 5.26 Å². The molecule has 7 heteroatoms. The van der Waals surface area contributed by atoms with Gasteiger partial charge in [0.2, 0.25) is 5.91 Å². The summed E-state index contributed by atoms with van der Waals surface area (Å²) in [5.41, 5.74) is 2.71. The van der Waals surface area contributed by atoms with Gasteiger partial charge in [-0.15, -0.1) is 0 Å². The number of rotatable bonds is 7. The maximum absolute atomic E-state index is 13.5. The summed E-state index contributed by atoms with van der Waals surface area (Å²) >= 11 is 1.26. The average molecular weight is 458 g/mol. The van der Waals surface area contributed by atoms with Crippen LogP contribution in [0.4, 0.5) is 5.69 Å². The minimum Gasteiger partial charge on any atom is -0.467 e. The Morgan fingerprint density at radius 3 is 2.48 bits per heavy atom. The van der Waals surface area contributed by atoms with Crippen molar-refractivity contribution in [2.75, 3.05) is 4.90 Å². The summed E-state index contributed by atoms with van der Waals surface area (Å²) in [4.78, 5) is 27.9. The Morgan fingerprint density at radius 2 is 1.85 bits per heavy atom. The highest BCUT2D eigenvalue weighted by Gasteiger charge is 2.40. The smallest absolute Gasteiger partial charge is 0.265 e. The fourth-order valence-electron chi connectivity index (χ4n) is 3.60. The van der Waals surface area contributed by atoms with Crippen LogP contribution in [0.2, 0.25) is 0 Å². The number of benzene rings is 2. The van der Waals surface area contributed by atoms with E-state index in [9.17, 15) is 14.9 Å². The third-order valence-corrected chi connectivity index (χ3v) is 6.64. The molecule has 1 aliphatic heterocycles. The van der Waals surface area contributed by atoms with E-state index in [1.54, 1.807) is 12.1 Å². The van der Waals surface area contributed by atoms with Crippen molar-refractivity contribution in [3.8, 4) is 6.07 Å². The summed E-state index contributed by atoms with van der Waals surface area (Å²) < 4.78 is 5.25. The van der Waals surface area contributed by atoms with Crippen LogP contribution < -0.4 is 10.2 Å². The molecule has 4 rings (SSSR count). The first-order valence-electron chi connectivity index (χ1n) is 10.7. The fourth-order valence-corrected chi connectivity index (χ4v) is 4.91. The third kappa shape index (κ3) is 5.02. The fraction of sp³-hybridized carbons (Fsp3) is 0.192. The number of amides is 2. The van der Waals surface area contributed by atoms with E-state index in [2.05, 4.69) is 12.2 Å². The molecule has 1 fully saturated rings. The Balaban J connectivity index is 1.68. The number of nitriles is 1. The molecular weight excluding hydrogens is 434 g/mol. The number of nitrogens with zero attached hydrogens (tertiary/aromatic N) is 2. The van der Waals surface area contributed by atoms with Crippen LogP contribution in [0.1, 0.15) is 23.8 Å². The van der Waals surface area contributed by atoms with Gasteiger partial charge in [0.15, 0.2) is 0 Å². The lowest BCUT2D eigenvalue weighted by Gasteiger charge is -2.19. The zero-order chi connectivity index (χ0) is 23.2. The highest BCUT2D eigenvalue weighted by molar-refractivity contribution is 8.05. The maximum Gasteiger partial charge on any atom is 0.265 e. The first kappa shape index (κ1) is 22.4. The highest BCUT2D eigenvalue weighted by atomic mass is 32.2. The van der Waals surface area contributed by atoms with E-state index >= 15 is 0 Å². The standard InChI is InChI=1S/C26H23N3O3S/c1-2-18-10-12-20(13-11-18)29-25(31)23(15-19-7-4-3-5-8-19)33-26(29)22(16-27)24(30)28-17-21-9-6-14-32-21/h3-14,23H,2,15,17H2,1H3,(H,28,30)/b26-22-. The molecule has 0 radical (unpaired) electrons. The van der Waals surface area contributed by atoms with E-state index in [4.69, 9.17) is 4.42 Å². The van der Waals surface area contributed by atoms with E-state index in [0.29, 0.717) is 22.9 Å². The van der Waals surface area contributed by atoms with Gasteiger partial charge in [0.05, 0.1) is 18.1 Å². The first-order chi connectivity index (χ1) is 16.1. The second kappa shape index (κ2) is 10.2. The van der Waals surface area contributed by atoms with E-state index in [1.165, 1.54) is 22.9 Å². The number of aryl methyl sites for hydroxylation is 1. The Hall–Kier alpha value is -3.76. The maximum atomic E-state index is 13.5. The van der Waals surface area contributed by atoms with Gasteiger partial charge in [-0.2, -0.15) is 5.26 Å². The molecule has 6 nitrogen and oxygen atoms in total. The van der Waals surface area contributed by atoms with Gasteiger partial charge in [-0.1, -0.05) is 61.2 Å². The molecule has 0 bridgehead atoms. The molecule has 33 heavy (non-hydrogen) atoms. The van der Waals surface area contributed by atoms with Crippen LogP contribution in [0, 0.1) is 11.3 Å². The van der Waals surface area contributed by atoms with Crippen LogP contribution in [-0.4, -0.2) is 17.1 Å². The van der Waals surface area contributed by atoms with Crippen LogP contribution in [-0.2, 0) is 29.0 Å². The van der Waals surface area contributed by atoms with Crippen molar-refractivity contribution in [2.45, 2.75) is 31.6 Å². The number of nitrogens with one attached hydrogen (secondary N) is 1. The van der Waals surface area contributed by atoms with Crippen molar-refractivity contribution in [3.63, 3.8) is 0 Å². The quantitative estimate of drug-likeness (QED) is 0.414. The van der Waals surface area contributed by atoms with Crippen LogP contribution >= 0.6 is 11.8 Å². The average Bonchev–Trinajstić information content (AvgIpc) is 3.47. The van der Waals surface area contributed by atoms with Gasteiger partial charge in [-0.3, -0.25) is 14.5 Å². The number of hydrogen-bond donors (Lipinski definition) is 1. The van der Waals surface area contributed by atoms with Gasteiger partial charge in [-0.05, 0) is 48.2 Å².